The first kappa shape index (κ1) is 11.5. The number of rotatable bonds is 4. The third-order valence-corrected chi connectivity index (χ3v) is 2.80. The second kappa shape index (κ2) is 4.28. The standard InChI is InChI=1S/C10H21N3O/c1-10(2,6-12)7-13-5-8(4-11)3-9(13)14/h8H,3-7,11-12H2,1-2H3. The lowest BCUT2D eigenvalue weighted by Crippen LogP contribution is -2.39. The van der Waals surface area contributed by atoms with Crippen molar-refractivity contribution in [2.75, 3.05) is 26.2 Å². The Balaban J connectivity index is 2.50. The third kappa shape index (κ3) is 2.69. The Morgan fingerprint density at radius 1 is 1.50 bits per heavy atom. The lowest BCUT2D eigenvalue weighted by molar-refractivity contribution is -0.128. The number of carbonyl (C=O) groups excluding carboxylic acids is 1. The summed E-state index contributed by atoms with van der Waals surface area (Å²) in [4.78, 5) is 13.5. The van der Waals surface area contributed by atoms with Gasteiger partial charge < -0.3 is 16.4 Å². The number of carbonyl (C=O) groups is 1. The number of amides is 1. The van der Waals surface area contributed by atoms with Crippen molar-refractivity contribution in [1.82, 2.24) is 4.90 Å². The predicted octanol–water partition coefficient (Wildman–Crippen LogP) is -0.221. The minimum Gasteiger partial charge on any atom is -0.342 e. The molecule has 1 heterocycles. The molecule has 0 radical (unpaired) electrons. The molecule has 1 saturated heterocycles. The van der Waals surface area contributed by atoms with Gasteiger partial charge in [0.1, 0.15) is 0 Å². The maximum atomic E-state index is 11.6. The van der Waals surface area contributed by atoms with Crippen LogP contribution in [0.2, 0.25) is 0 Å². The van der Waals surface area contributed by atoms with Crippen LogP contribution in [0.15, 0.2) is 0 Å². The third-order valence-electron chi connectivity index (χ3n) is 2.80. The van der Waals surface area contributed by atoms with E-state index in [1.54, 1.807) is 0 Å². The van der Waals surface area contributed by atoms with Crippen LogP contribution < -0.4 is 11.5 Å². The summed E-state index contributed by atoms with van der Waals surface area (Å²) < 4.78 is 0. The van der Waals surface area contributed by atoms with Gasteiger partial charge >= 0.3 is 0 Å². The van der Waals surface area contributed by atoms with Gasteiger partial charge in [0, 0.05) is 19.5 Å². The molecule has 0 aromatic rings. The second-order valence-electron chi connectivity index (χ2n) is 4.95. The van der Waals surface area contributed by atoms with E-state index >= 15 is 0 Å². The number of hydrogen-bond donors (Lipinski definition) is 2. The average Bonchev–Trinajstić information content (AvgIpc) is 2.47. The van der Waals surface area contributed by atoms with Crippen molar-refractivity contribution in [3.63, 3.8) is 0 Å². The molecule has 0 bridgehead atoms. The molecular weight excluding hydrogens is 178 g/mol. The summed E-state index contributed by atoms with van der Waals surface area (Å²) in [6.45, 7) is 6.92. The molecule has 1 unspecified atom stereocenters. The SMILES string of the molecule is CC(C)(CN)CN1CC(CN)CC1=O. The highest BCUT2D eigenvalue weighted by molar-refractivity contribution is 5.78. The monoisotopic (exact) mass is 199 g/mol. The van der Waals surface area contributed by atoms with E-state index < -0.39 is 0 Å². The molecule has 0 aromatic carbocycles. The summed E-state index contributed by atoms with van der Waals surface area (Å²) in [5.74, 6) is 0.568. The minimum absolute atomic E-state index is 0.0130. The van der Waals surface area contributed by atoms with Crippen LogP contribution in [-0.4, -0.2) is 37.0 Å². The average molecular weight is 199 g/mol. The fourth-order valence-electron chi connectivity index (χ4n) is 1.75. The van der Waals surface area contributed by atoms with E-state index in [1.165, 1.54) is 0 Å². The van der Waals surface area contributed by atoms with Gasteiger partial charge in [0.15, 0.2) is 0 Å². The lowest BCUT2D eigenvalue weighted by atomic mass is 9.93. The Labute approximate surface area is 85.6 Å². The number of likely N-dealkylation sites (tertiary alicyclic amines) is 1. The van der Waals surface area contributed by atoms with Crippen LogP contribution >= 0.6 is 0 Å². The first-order valence-electron chi connectivity index (χ1n) is 5.16. The summed E-state index contributed by atoms with van der Waals surface area (Å²) >= 11 is 0. The van der Waals surface area contributed by atoms with Gasteiger partial charge in [0.2, 0.25) is 5.91 Å². The molecule has 1 atom stereocenters. The molecule has 0 saturated carbocycles. The normalized spacial score (nSPS) is 23.3. The van der Waals surface area contributed by atoms with E-state index in [2.05, 4.69) is 13.8 Å². The van der Waals surface area contributed by atoms with Gasteiger partial charge in [-0.2, -0.15) is 0 Å². The largest absolute Gasteiger partial charge is 0.342 e. The summed E-state index contributed by atoms with van der Waals surface area (Å²) in [6.07, 6.45) is 0.608. The molecule has 0 aliphatic carbocycles. The van der Waals surface area contributed by atoms with Gasteiger partial charge in [-0.3, -0.25) is 4.79 Å². The van der Waals surface area contributed by atoms with Crippen molar-refractivity contribution in [3.8, 4) is 0 Å². The van der Waals surface area contributed by atoms with Crippen LogP contribution in [0.4, 0.5) is 0 Å². The highest BCUT2D eigenvalue weighted by Crippen LogP contribution is 2.22. The molecular formula is C10H21N3O. The highest BCUT2D eigenvalue weighted by Gasteiger charge is 2.31. The van der Waals surface area contributed by atoms with Gasteiger partial charge in [-0.25, -0.2) is 0 Å². The van der Waals surface area contributed by atoms with Crippen molar-refractivity contribution in [2.45, 2.75) is 20.3 Å². The second-order valence-corrected chi connectivity index (χ2v) is 4.95. The molecule has 1 fully saturated rings. The fraction of sp³-hybridized carbons (Fsp3) is 0.900. The van der Waals surface area contributed by atoms with E-state index in [0.717, 1.165) is 13.1 Å². The minimum atomic E-state index is 0.0130. The van der Waals surface area contributed by atoms with Gasteiger partial charge in [-0.15, -0.1) is 0 Å². The Kier molecular flexibility index (Phi) is 3.50. The molecule has 1 aliphatic rings. The molecule has 4 N–H and O–H groups in total. The summed E-state index contributed by atoms with van der Waals surface area (Å²) in [5.41, 5.74) is 11.2. The Morgan fingerprint density at radius 3 is 2.57 bits per heavy atom. The summed E-state index contributed by atoms with van der Waals surface area (Å²) in [6, 6.07) is 0. The maximum absolute atomic E-state index is 11.6. The van der Waals surface area contributed by atoms with Gasteiger partial charge in [-0.1, -0.05) is 13.8 Å². The first-order valence-corrected chi connectivity index (χ1v) is 5.16. The van der Waals surface area contributed by atoms with Crippen molar-refractivity contribution in [3.05, 3.63) is 0 Å². The lowest BCUT2D eigenvalue weighted by Gasteiger charge is -2.29. The van der Waals surface area contributed by atoms with Crippen LogP contribution in [0.5, 0.6) is 0 Å². The van der Waals surface area contributed by atoms with E-state index in [0.29, 0.717) is 25.4 Å². The summed E-state index contributed by atoms with van der Waals surface area (Å²) in [7, 11) is 0. The zero-order chi connectivity index (χ0) is 10.8. The van der Waals surface area contributed by atoms with Crippen LogP contribution in [-0.2, 0) is 4.79 Å². The van der Waals surface area contributed by atoms with Crippen molar-refractivity contribution in [1.29, 1.82) is 0 Å². The zero-order valence-electron chi connectivity index (χ0n) is 9.12. The smallest absolute Gasteiger partial charge is 0.222 e. The van der Waals surface area contributed by atoms with E-state index in [-0.39, 0.29) is 11.3 Å². The van der Waals surface area contributed by atoms with Crippen molar-refractivity contribution < 1.29 is 4.79 Å². The molecule has 4 heteroatoms. The molecule has 4 nitrogen and oxygen atoms in total. The van der Waals surface area contributed by atoms with Crippen LogP contribution in [0.25, 0.3) is 0 Å². The van der Waals surface area contributed by atoms with Crippen molar-refractivity contribution in [2.24, 2.45) is 22.8 Å². The highest BCUT2D eigenvalue weighted by atomic mass is 16.2. The number of nitrogens with zero attached hydrogens (tertiary/aromatic N) is 1. The van der Waals surface area contributed by atoms with Crippen molar-refractivity contribution >= 4 is 5.91 Å². The predicted molar refractivity (Wildman–Crippen MR) is 56.6 cm³/mol. The Hall–Kier alpha value is -0.610. The first-order chi connectivity index (χ1) is 6.48. The summed E-state index contributed by atoms with van der Waals surface area (Å²) in [5, 5.41) is 0. The zero-order valence-corrected chi connectivity index (χ0v) is 9.12. The molecule has 1 aliphatic heterocycles. The van der Waals surface area contributed by atoms with E-state index in [1.807, 2.05) is 4.90 Å². The Morgan fingerprint density at radius 2 is 2.14 bits per heavy atom. The number of hydrogen-bond acceptors (Lipinski definition) is 3. The van der Waals surface area contributed by atoms with Crippen LogP contribution in [0, 0.1) is 11.3 Å². The quantitative estimate of drug-likeness (QED) is 0.657. The molecule has 1 amide bonds. The van der Waals surface area contributed by atoms with Crippen LogP contribution in [0.1, 0.15) is 20.3 Å². The van der Waals surface area contributed by atoms with Gasteiger partial charge in [0.25, 0.3) is 0 Å². The van der Waals surface area contributed by atoms with Crippen LogP contribution in [0.3, 0.4) is 0 Å². The molecule has 14 heavy (non-hydrogen) atoms. The maximum Gasteiger partial charge on any atom is 0.222 e. The topological polar surface area (TPSA) is 72.3 Å². The molecule has 1 rings (SSSR count). The molecule has 0 spiro atoms. The van der Waals surface area contributed by atoms with E-state index in [4.69, 9.17) is 11.5 Å². The van der Waals surface area contributed by atoms with E-state index in [9.17, 15) is 4.79 Å². The fourth-order valence-corrected chi connectivity index (χ4v) is 1.75. The molecule has 82 valence electrons. The van der Waals surface area contributed by atoms with Gasteiger partial charge in [-0.05, 0) is 24.4 Å². The molecule has 0 aromatic heterocycles. The van der Waals surface area contributed by atoms with Gasteiger partial charge in [0.05, 0.1) is 0 Å². The Bertz CT molecular complexity index is 215. The number of nitrogens with two attached hydrogens (primary N) is 2.